The number of nitrogens with zero attached hydrogens (tertiary/aromatic N) is 1. The van der Waals surface area contributed by atoms with Crippen molar-refractivity contribution in [3.8, 4) is 5.75 Å². The summed E-state index contributed by atoms with van der Waals surface area (Å²) in [5.74, 6) is 0.351. The Hall–Kier alpha value is -1.54. The highest BCUT2D eigenvalue weighted by atomic mass is 35.5. The normalized spacial score (nSPS) is 9.33. The van der Waals surface area contributed by atoms with Crippen LogP contribution >= 0.6 is 0 Å². The van der Waals surface area contributed by atoms with Crippen molar-refractivity contribution in [3.63, 3.8) is 0 Å². The number of phenols is 1. The molecule has 78 valence electrons. The maximum Gasteiger partial charge on any atom is 0.177 e. The molecule has 1 aromatic carbocycles. The van der Waals surface area contributed by atoms with Crippen molar-refractivity contribution in [3.05, 3.63) is 60.4 Å². The lowest BCUT2D eigenvalue weighted by Crippen LogP contribution is -3.00. The molecule has 3 heteroatoms. The standard InChI is InChI=1S/C12H11NO.ClH/c14-12-7-3-2-6-11(12)10-13-8-4-1-5-9-13;/h1-9H,10H2;1H. The second-order valence-electron chi connectivity index (χ2n) is 3.18. The molecule has 2 aromatic rings. The van der Waals surface area contributed by atoms with E-state index in [-0.39, 0.29) is 12.4 Å². The van der Waals surface area contributed by atoms with Crippen LogP contribution in [-0.4, -0.2) is 5.11 Å². The van der Waals surface area contributed by atoms with Crippen LogP contribution in [0.2, 0.25) is 0 Å². The predicted octanol–water partition coefficient (Wildman–Crippen LogP) is -1.27. The van der Waals surface area contributed by atoms with Gasteiger partial charge in [0.15, 0.2) is 18.9 Å². The Balaban J connectivity index is 0.00000112. The Bertz CT molecular complexity index is 417. The first-order valence-electron chi connectivity index (χ1n) is 4.57. The van der Waals surface area contributed by atoms with Crippen LogP contribution in [0.4, 0.5) is 0 Å². The van der Waals surface area contributed by atoms with Crippen LogP contribution in [0.25, 0.3) is 0 Å². The van der Waals surface area contributed by atoms with Gasteiger partial charge in [-0.2, -0.15) is 0 Å². The number of benzene rings is 1. The zero-order valence-corrected chi connectivity index (χ0v) is 8.93. The number of hydrogen-bond acceptors (Lipinski definition) is 1. The van der Waals surface area contributed by atoms with Gasteiger partial charge < -0.3 is 17.5 Å². The monoisotopic (exact) mass is 221 g/mol. The molecule has 15 heavy (non-hydrogen) atoms. The second-order valence-corrected chi connectivity index (χ2v) is 3.18. The molecule has 0 aliphatic carbocycles. The molecule has 0 spiro atoms. The molecule has 0 unspecified atom stereocenters. The fourth-order valence-corrected chi connectivity index (χ4v) is 1.38. The van der Waals surface area contributed by atoms with E-state index in [4.69, 9.17) is 0 Å². The van der Waals surface area contributed by atoms with Crippen LogP contribution in [0.5, 0.6) is 5.75 Å². The van der Waals surface area contributed by atoms with Gasteiger partial charge >= 0.3 is 0 Å². The average molecular weight is 222 g/mol. The van der Waals surface area contributed by atoms with E-state index in [0.29, 0.717) is 12.3 Å². The van der Waals surface area contributed by atoms with Crippen molar-refractivity contribution < 1.29 is 22.1 Å². The van der Waals surface area contributed by atoms with E-state index in [1.54, 1.807) is 6.07 Å². The highest BCUT2D eigenvalue weighted by Crippen LogP contribution is 2.14. The summed E-state index contributed by atoms with van der Waals surface area (Å²) in [6, 6.07) is 13.3. The number of aromatic hydroxyl groups is 1. The first kappa shape index (κ1) is 11.5. The number of hydrogen-bond donors (Lipinski definition) is 1. The van der Waals surface area contributed by atoms with Gasteiger partial charge in [0, 0.05) is 12.1 Å². The van der Waals surface area contributed by atoms with Gasteiger partial charge in [0.05, 0.1) is 5.56 Å². The minimum Gasteiger partial charge on any atom is -1.00 e. The van der Waals surface area contributed by atoms with E-state index in [2.05, 4.69) is 0 Å². The summed E-state index contributed by atoms with van der Waals surface area (Å²) in [7, 11) is 0. The summed E-state index contributed by atoms with van der Waals surface area (Å²) >= 11 is 0. The Kier molecular flexibility index (Phi) is 4.13. The molecule has 1 heterocycles. The summed E-state index contributed by atoms with van der Waals surface area (Å²) in [5.41, 5.74) is 0.934. The molecule has 1 aromatic heterocycles. The van der Waals surface area contributed by atoms with Crippen LogP contribution in [0.3, 0.4) is 0 Å². The van der Waals surface area contributed by atoms with Crippen molar-refractivity contribution in [2.75, 3.05) is 0 Å². The third-order valence-electron chi connectivity index (χ3n) is 2.12. The Morgan fingerprint density at radius 2 is 1.60 bits per heavy atom. The fourth-order valence-electron chi connectivity index (χ4n) is 1.38. The minimum absolute atomic E-state index is 0. The van der Waals surface area contributed by atoms with Crippen LogP contribution in [0, 0.1) is 0 Å². The van der Waals surface area contributed by atoms with Crippen LogP contribution in [-0.2, 0) is 6.54 Å². The third kappa shape index (κ3) is 2.96. The molecule has 2 rings (SSSR count). The van der Waals surface area contributed by atoms with Gasteiger partial charge in [-0.25, -0.2) is 4.57 Å². The molecule has 0 atom stereocenters. The van der Waals surface area contributed by atoms with Crippen molar-refractivity contribution in [2.24, 2.45) is 0 Å². The third-order valence-corrected chi connectivity index (χ3v) is 2.12. The minimum atomic E-state index is 0. The Labute approximate surface area is 95.2 Å². The van der Waals surface area contributed by atoms with Gasteiger partial charge in [-0.3, -0.25) is 0 Å². The number of aromatic nitrogens is 1. The maximum atomic E-state index is 9.56. The molecule has 0 aliphatic heterocycles. The number of halogens is 1. The number of para-hydroxylation sites is 1. The summed E-state index contributed by atoms with van der Waals surface area (Å²) in [4.78, 5) is 0. The van der Waals surface area contributed by atoms with E-state index in [1.807, 2.05) is 53.4 Å². The van der Waals surface area contributed by atoms with Crippen molar-refractivity contribution in [1.82, 2.24) is 0 Å². The van der Waals surface area contributed by atoms with Gasteiger partial charge in [0.1, 0.15) is 5.75 Å². The molecule has 2 nitrogen and oxygen atoms in total. The van der Waals surface area contributed by atoms with Crippen molar-refractivity contribution in [1.29, 1.82) is 0 Å². The Morgan fingerprint density at radius 1 is 0.933 bits per heavy atom. The highest BCUT2D eigenvalue weighted by molar-refractivity contribution is 5.30. The van der Waals surface area contributed by atoms with Crippen LogP contribution < -0.4 is 17.0 Å². The molecule has 0 aliphatic rings. The first-order valence-corrected chi connectivity index (χ1v) is 4.57. The van der Waals surface area contributed by atoms with Crippen molar-refractivity contribution >= 4 is 0 Å². The number of phenolic OH excluding ortho intramolecular Hbond substituents is 1. The van der Waals surface area contributed by atoms with Gasteiger partial charge in [-0.1, -0.05) is 18.2 Å². The SMILES string of the molecule is Oc1ccccc1C[n+]1ccccc1.[Cl-]. The highest BCUT2D eigenvalue weighted by Gasteiger charge is 2.04. The zero-order valence-electron chi connectivity index (χ0n) is 8.18. The lowest BCUT2D eigenvalue weighted by atomic mass is 10.2. The Morgan fingerprint density at radius 3 is 2.27 bits per heavy atom. The lowest BCUT2D eigenvalue weighted by molar-refractivity contribution is -0.688. The van der Waals surface area contributed by atoms with Gasteiger partial charge in [-0.05, 0) is 12.1 Å². The van der Waals surface area contributed by atoms with Gasteiger partial charge in [-0.15, -0.1) is 0 Å². The smallest absolute Gasteiger partial charge is 0.177 e. The molecular formula is C12H12ClNO. The fraction of sp³-hybridized carbons (Fsp3) is 0.0833. The maximum absolute atomic E-state index is 9.56. The molecule has 1 N–H and O–H groups in total. The summed E-state index contributed by atoms with van der Waals surface area (Å²) in [6.07, 6.45) is 3.96. The molecule has 0 saturated heterocycles. The van der Waals surface area contributed by atoms with E-state index in [9.17, 15) is 5.11 Å². The molecule has 0 bridgehead atoms. The summed E-state index contributed by atoms with van der Waals surface area (Å²) in [6.45, 7) is 0.702. The molecule has 0 fully saturated rings. The number of rotatable bonds is 2. The van der Waals surface area contributed by atoms with Gasteiger partial charge in [0.2, 0.25) is 0 Å². The number of pyridine rings is 1. The zero-order chi connectivity index (χ0) is 9.80. The largest absolute Gasteiger partial charge is 1.00 e. The first-order chi connectivity index (χ1) is 6.86. The second kappa shape index (κ2) is 5.37. The van der Waals surface area contributed by atoms with Gasteiger partial charge in [0.25, 0.3) is 0 Å². The quantitative estimate of drug-likeness (QED) is 0.629. The van der Waals surface area contributed by atoms with E-state index in [0.717, 1.165) is 5.56 Å². The van der Waals surface area contributed by atoms with Crippen LogP contribution in [0.1, 0.15) is 5.56 Å². The van der Waals surface area contributed by atoms with E-state index >= 15 is 0 Å². The topological polar surface area (TPSA) is 24.1 Å². The van der Waals surface area contributed by atoms with Crippen molar-refractivity contribution in [2.45, 2.75) is 6.54 Å². The predicted molar refractivity (Wildman–Crippen MR) is 53.8 cm³/mol. The van der Waals surface area contributed by atoms with E-state index < -0.39 is 0 Å². The molecule has 0 saturated carbocycles. The molecule has 0 amide bonds. The lowest BCUT2D eigenvalue weighted by Gasteiger charge is -1.99. The van der Waals surface area contributed by atoms with E-state index in [1.165, 1.54) is 0 Å². The van der Waals surface area contributed by atoms with Crippen LogP contribution in [0.15, 0.2) is 54.9 Å². The molecular weight excluding hydrogens is 210 g/mol. The average Bonchev–Trinajstić information content (AvgIpc) is 2.23. The summed E-state index contributed by atoms with van der Waals surface area (Å²) < 4.78 is 2.02. The summed E-state index contributed by atoms with van der Waals surface area (Å²) in [5, 5.41) is 9.56. The molecule has 0 radical (unpaired) electrons.